The maximum atomic E-state index is 13.5. The summed E-state index contributed by atoms with van der Waals surface area (Å²) in [6.07, 6.45) is 2.49. The van der Waals surface area contributed by atoms with Gasteiger partial charge in [0.15, 0.2) is 0 Å². The van der Waals surface area contributed by atoms with Crippen LogP contribution >= 0.6 is 23.2 Å². The number of carbonyl (C=O) groups is 2. The van der Waals surface area contributed by atoms with Crippen LogP contribution in [0.3, 0.4) is 0 Å². The molecule has 0 saturated carbocycles. The first-order chi connectivity index (χ1) is 15.4. The van der Waals surface area contributed by atoms with Gasteiger partial charge in [-0.3, -0.25) is 4.79 Å². The standard InChI is InChI=1S/C24H20Cl2N2O4/c1-32-22-11-7-15(13-27-22)16-8-6-14(12-19(16)26)23(29)28-20(9-10-21(28)24(30)31)17-4-2-3-5-18(17)25/h2-8,11-13,20-21H,9-10H2,1H3,(H,30,31)/t20-,21?/m1/s1. The second kappa shape index (κ2) is 9.18. The monoisotopic (exact) mass is 470 g/mol. The summed E-state index contributed by atoms with van der Waals surface area (Å²) in [6.45, 7) is 0. The highest BCUT2D eigenvalue weighted by molar-refractivity contribution is 6.33. The average molecular weight is 471 g/mol. The van der Waals surface area contributed by atoms with Gasteiger partial charge in [0.2, 0.25) is 5.88 Å². The normalized spacial score (nSPS) is 17.9. The van der Waals surface area contributed by atoms with E-state index < -0.39 is 24.0 Å². The molecule has 1 saturated heterocycles. The molecule has 0 aliphatic carbocycles. The van der Waals surface area contributed by atoms with Gasteiger partial charge < -0.3 is 14.7 Å². The molecule has 1 aliphatic heterocycles. The summed E-state index contributed by atoms with van der Waals surface area (Å²) in [7, 11) is 1.54. The van der Waals surface area contributed by atoms with E-state index in [0.29, 0.717) is 39.9 Å². The van der Waals surface area contributed by atoms with E-state index in [1.165, 1.54) is 12.0 Å². The van der Waals surface area contributed by atoms with Crippen molar-refractivity contribution >= 4 is 35.1 Å². The van der Waals surface area contributed by atoms with Crippen molar-refractivity contribution in [3.63, 3.8) is 0 Å². The van der Waals surface area contributed by atoms with Gasteiger partial charge in [-0.05, 0) is 42.7 Å². The Morgan fingerprint density at radius 3 is 2.47 bits per heavy atom. The molecule has 1 unspecified atom stereocenters. The third-order valence-electron chi connectivity index (χ3n) is 5.64. The first-order valence-corrected chi connectivity index (χ1v) is 10.8. The number of halogens is 2. The number of methoxy groups -OCH3 is 1. The Morgan fingerprint density at radius 1 is 1.06 bits per heavy atom. The van der Waals surface area contributed by atoms with Crippen molar-refractivity contribution in [3.05, 3.63) is 82.0 Å². The van der Waals surface area contributed by atoms with Crippen molar-refractivity contribution in [1.29, 1.82) is 0 Å². The summed E-state index contributed by atoms with van der Waals surface area (Å²) >= 11 is 12.9. The van der Waals surface area contributed by atoms with Gasteiger partial charge >= 0.3 is 5.97 Å². The average Bonchev–Trinajstić information content (AvgIpc) is 3.24. The zero-order chi connectivity index (χ0) is 22.8. The molecule has 2 heterocycles. The van der Waals surface area contributed by atoms with Crippen molar-refractivity contribution in [2.75, 3.05) is 7.11 Å². The molecule has 1 amide bonds. The molecule has 32 heavy (non-hydrogen) atoms. The van der Waals surface area contributed by atoms with Gasteiger partial charge in [-0.2, -0.15) is 0 Å². The van der Waals surface area contributed by atoms with E-state index in [0.717, 1.165) is 11.1 Å². The molecule has 4 rings (SSSR count). The van der Waals surface area contributed by atoms with E-state index in [-0.39, 0.29) is 0 Å². The highest BCUT2D eigenvalue weighted by Crippen LogP contribution is 2.40. The number of carboxylic acids is 1. The van der Waals surface area contributed by atoms with E-state index in [1.54, 1.807) is 42.6 Å². The van der Waals surface area contributed by atoms with Crippen LogP contribution in [0.1, 0.15) is 34.8 Å². The third kappa shape index (κ3) is 4.16. The van der Waals surface area contributed by atoms with Crippen LogP contribution in [-0.4, -0.2) is 40.0 Å². The van der Waals surface area contributed by atoms with Gasteiger partial charge in [0, 0.05) is 39.0 Å². The second-order valence-electron chi connectivity index (χ2n) is 7.46. The highest BCUT2D eigenvalue weighted by atomic mass is 35.5. The number of nitrogens with zero attached hydrogens (tertiary/aromatic N) is 2. The fourth-order valence-corrected chi connectivity index (χ4v) is 4.63. The highest BCUT2D eigenvalue weighted by Gasteiger charge is 2.42. The zero-order valence-electron chi connectivity index (χ0n) is 17.2. The molecule has 3 aromatic rings. The minimum absolute atomic E-state index is 0.311. The molecule has 0 spiro atoms. The van der Waals surface area contributed by atoms with Crippen LogP contribution in [-0.2, 0) is 4.79 Å². The maximum Gasteiger partial charge on any atom is 0.326 e. The number of aliphatic carboxylic acids is 1. The Kier molecular flexibility index (Phi) is 6.35. The molecule has 1 N–H and O–H groups in total. The summed E-state index contributed by atoms with van der Waals surface area (Å²) in [4.78, 5) is 31.0. The van der Waals surface area contributed by atoms with Crippen LogP contribution < -0.4 is 4.74 Å². The third-order valence-corrected chi connectivity index (χ3v) is 6.30. The topological polar surface area (TPSA) is 79.7 Å². The van der Waals surface area contributed by atoms with Crippen LogP contribution in [0.5, 0.6) is 5.88 Å². The fourth-order valence-electron chi connectivity index (χ4n) is 4.08. The quantitative estimate of drug-likeness (QED) is 0.532. The Labute approximate surface area is 195 Å². The fraction of sp³-hybridized carbons (Fsp3) is 0.208. The number of rotatable bonds is 5. The van der Waals surface area contributed by atoms with Crippen LogP contribution in [0, 0.1) is 0 Å². The minimum Gasteiger partial charge on any atom is -0.481 e. The molecule has 1 fully saturated rings. The molecule has 2 atom stereocenters. The SMILES string of the molecule is COc1ccc(-c2ccc(C(=O)N3C(C(=O)O)CC[C@@H]3c3ccccc3Cl)cc2Cl)cn1. The zero-order valence-corrected chi connectivity index (χ0v) is 18.7. The Hall–Kier alpha value is -3.09. The molecular formula is C24H20Cl2N2O4. The van der Waals surface area contributed by atoms with Gasteiger partial charge in [-0.1, -0.05) is 47.5 Å². The Balaban J connectivity index is 1.68. The number of carbonyl (C=O) groups excluding carboxylic acids is 1. The smallest absolute Gasteiger partial charge is 0.326 e. The number of hydrogen-bond donors (Lipinski definition) is 1. The van der Waals surface area contributed by atoms with Crippen molar-refractivity contribution in [2.45, 2.75) is 24.9 Å². The lowest BCUT2D eigenvalue weighted by atomic mass is 10.0. The van der Waals surface area contributed by atoms with E-state index in [1.807, 2.05) is 18.2 Å². The van der Waals surface area contributed by atoms with Crippen LogP contribution in [0.15, 0.2) is 60.8 Å². The summed E-state index contributed by atoms with van der Waals surface area (Å²) < 4.78 is 5.08. The van der Waals surface area contributed by atoms with E-state index in [9.17, 15) is 14.7 Å². The van der Waals surface area contributed by atoms with Gasteiger partial charge in [-0.15, -0.1) is 0 Å². The number of hydrogen-bond acceptors (Lipinski definition) is 4. The molecule has 0 bridgehead atoms. The molecule has 1 aromatic heterocycles. The Morgan fingerprint density at radius 2 is 1.84 bits per heavy atom. The molecule has 2 aromatic carbocycles. The largest absolute Gasteiger partial charge is 0.481 e. The van der Waals surface area contributed by atoms with E-state index in [4.69, 9.17) is 27.9 Å². The Bertz CT molecular complexity index is 1170. The van der Waals surface area contributed by atoms with Crippen molar-refractivity contribution < 1.29 is 19.4 Å². The van der Waals surface area contributed by atoms with Crippen LogP contribution in [0.4, 0.5) is 0 Å². The number of benzene rings is 2. The first-order valence-electron chi connectivity index (χ1n) is 10.0. The first kappa shape index (κ1) is 22.1. The number of amides is 1. The van der Waals surface area contributed by atoms with Crippen molar-refractivity contribution in [3.8, 4) is 17.0 Å². The minimum atomic E-state index is -1.04. The number of likely N-dealkylation sites (tertiary alicyclic amines) is 1. The summed E-state index contributed by atoms with van der Waals surface area (Å²) in [5.41, 5.74) is 2.52. The van der Waals surface area contributed by atoms with Crippen LogP contribution in [0.25, 0.3) is 11.1 Å². The van der Waals surface area contributed by atoms with Gasteiger partial charge in [-0.25, -0.2) is 9.78 Å². The summed E-state index contributed by atoms with van der Waals surface area (Å²) in [5.74, 6) is -0.961. The number of aromatic nitrogens is 1. The molecular weight excluding hydrogens is 451 g/mol. The second-order valence-corrected chi connectivity index (χ2v) is 8.28. The lowest BCUT2D eigenvalue weighted by Gasteiger charge is -2.29. The number of pyridine rings is 1. The molecule has 6 nitrogen and oxygen atoms in total. The van der Waals surface area contributed by atoms with Gasteiger partial charge in [0.25, 0.3) is 5.91 Å². The predicted octanol–water partition coefficient (Wildman–Crippen LogP) is 5.49. The molecule has 8 heteroatoms. The molecule has 0 radical (unpaired) electrons. The summed E-state index contributed by atoms with van der Waals surface area (Å²) in [5, 5.41) is 10.6. The lowest BCUT2D eigenvalue weighted by Crippen LogP contribution is -2.41. The molecule has 1 aliphatic rings. The van der Waals surface area contributed by atoms with Gasteiger partial charge in [0.05, 0.1) is 13.2 Å². The van der Waals surface area contributed by atoms with Gasteiger partial charge in [0.1, 0.15) is 6.04 Å². The van der Waals surface area contributed by atoms with E-state index >= 15 is 0 Å². The summed E-state index contributed by atoms with van der Waals surface area (Å²) in [6, 6.07) is 14.3. The predicted molar refractivity (Wildman–Crippen MR) is 122 cm³/mol. The van der Waals surface area contributed by atoms with Crippen LogP contribution in [0.2, 0.25) is 10.0 Å². The van der Waals surface area contributed by atoms with Crippen molar-refractivity contribution in [2.24, 2.45) is 0 Å². The van der Waals surface area contributed by atoms with E-state index in [2.05, 4.69) is 4.98 Å². The lowest BCUT2D eigenvalue weighted by molar-refractivity contribution is -0.141. The number of carboxylic acid groups (broad SMARTS) is 1. The molecule has 164 valence electrons. The number of ether oxygens (including phenoxy) is 1. The van der Waals surface area contributed by atoms with Crippen molar-refractivity contribution in [1.82, 2.24) is 9.88 Å². The maximum absolute atomic E-state index is 13.5.